The Kier molecular flexibility index (Phi) is 19.9. The van der Waals surface area contributed by atoms with Gasteiger partial charge >= 0.3 is 141 Å². The van der Waals surface area contributed by atoms with E-state index >= 15 is 0 Å². The van der Waals surface area contributed by atoms with Crippen molar-refractivity contribution in [2.75, 3.05) is 24.6 Å². The van der Waals surface area contributed by atoms with Crippen molar-refractivity contribution in [3.8, 4) is 0 Å². The van der Waals surface area contributed by atoms with E-state index in [2.05, 4.69) is 27.7 Å². The third-order valence-corrected chi connectivity index (χ3v) is 12.1. The standard InChI is InChI=1S/C16H37P.C7H8O3S.Na.H/c1-5-9-13-17(14-10-6-2,15-11-7-3)16-12-8-4;1-6-2-4-7(5-3-6)11(8,9)10;;/h17H,5-16H2,1-4H3;2-5H,1H3,(H,8,9,10);;. The molecule has 0 heterocycles. The molecule has 0 fully saturated rings. The molecule has 3 nitrogen and oxygen atoms in total. The van der Waals surface area contributed by atoms with E-state index in [1.54, 1.807) is 36.8 Å². The first-order chi connectivity index (χ1) is 13.2. The van der Waals surface area contributed by atoms with Crippen LogP contribution in [0.2, 0.25) is 0 Å². The predicted molar refractivity (Wildman–Crippen MR) is 136 cm³/mol. The number of unbranched alkanes of at least 4 members (excludes halogenated alkanes) is 4. The Morgan fingerprint density at radius 3 is 1.28 bits per heavy atom. The molecule has 0 spiro atoms. The molecule has 0 bridgehead atoms. The van der Waals surface area contributed by atoms with Crippen molar-refractivity contribution < 1.29 is 13.0 Å². The van der Waals surface area contributed by atoms with Crippen molar-refractivity contribution in [3.63, 3.8) is 0 Å². The molecule has 0 aliphatic heterocycles. The van der Waals surface area contributed by atoms with Gasteiger partial charge in [0, 0.05) is 0 Å². The molecule has 1 N–H and O–H groups in total. The molecule has 1 rings (SSSR count). The van der Waals surface area contributed by atoms with Gasteiger partial charge in [0.05, 0.1) is 4.90 Å². The molecule has 0 amide bonds. The minimum absolute atomic E-state index is 0. The summed E-state index contributed by atoms with van der Waals surface area (Å²) in [5.74, 6) is 0. The van der Waals surface area contributed by atoms with Crippen LogP contribution in [0.5, 0.6) is 0 Å². The van der Waals surface area contributed by atoms with Gasteiger partial charge in [0.15, 0.2) is 0 Å². The van der Waals surface area contributed by atoms with Gasteiger partial charge in [-0.05, 0) is 19.1 Å². The molecular formula is C23H46NaO3PS. The third kappa shape index (κ3) is 15.1. The fraction of sp³-hybridized carbons (Fsp3) is 0.739. The second kappa shape index (κ2) is 18.2. The molecule has 0 atom stereocenters. The van der Waals surface area contributed by atoms with Gasteiger partial charge in [-0.15, -0.1) is 0 Å². The topological polar surface area (TPSA) is 54.4 Å². The van der Waals surface area contributed by atoms with Gasteiger partial charge in [-0.1, -0.05) is 17.7 Å². The minimum atomic E-state index is -4.02. The Balaban J connectivity index is 0. The Bertz CT molecular complexity index is 566. The molecule has 29 heavy (non-hydrogen) atoms. The van der Waals surface area contributed by atoms with Gasteiger partial charge in [-0.25, -0.2) is 0 Å². The fourth-order valence-electron chi connectivity index (χ4n) is 3.67. The van der Waals surface area contributed by atoms with Gasteiger partial charge in [-0.2, -0.15) is 8.42 Å². The van der Waals surface area contributed by atoms with Gasteiger partial charge in [-0.3, -0.25) is 4.55 Å². The van der Waals surface area contributed by atoms with Crippen LogP contribution in [-0.4, -0.2) is 67.2 Å². The zero-order chi connectivity index (χ0) is 21.5. The molecule has 0 saturated carbocycles. The number of hydrogen-bond acceptors (Lipinski definition) is 2. The Morgan fingerprint density at radius 1 is 0.724 bits per heavy atom. The molecule has 0 radical (unpaired) electrons. The summed E-state index contributed by atoms with van der Waals surface area (Å²) in [6.45, 7) is 11.3. The van der Waals surface area contributed by atoms with Crippen LogP contribution in [0.15, 0.2) is 29.2 Å². The SMILES string of the molecule is CCCC[PH](CCCC)(CCCC)CCCC.Cc1ccc(S(=O)(=O)O)cc1.[NaH]. The second-order valence-electron chi connectivity index (χ2n) is 8.20. The molecule has 0 unspecified atom stereocenters. The first kappa shape index (κ1) is 31.7. The first-order valence-corrected chi connectivity index (χ1v) is 15.6. The van der Waals surface area contributed by atoms with E-state index in [-0.39, 0.29) is 34.5 Å². The molecule has 0 aliphatic rings. The van der Waals surface area contributed by atoms with Gasteiger partial charge in [0.2, 0.25) is 0 Å². The summed E-state index contributed by atoms with van der Waals surface area (Å²) in [5.41, 5.74) is 0.956. The van der Waals surface area contributed by atoms with Crippen LogP contribution in [0.4, 0.5) is 0 Å². The summed E-state index contributed by atoms with van der Waals surface area (Å²) >= 11 is 0. The maximum atomic E-state index is 10.5. The molecular weight excluding hydrogens is 410 g/mol. The van der Waals surface area contributed by atoms with Crippen LogP contribution < -0.4 is 0 Å². The van der Waals surface area contributed by atoms with Gasteiger partial charge < -0.3 is 0 Å². The molecule has 0 aromatic heterocycles. The Hall–Kier alpha value is 0.560. The zero-order valence-electron chi connectivity index (χ0n) is 19.0. The van der Waals surface area contributed by atoms with Crippen LogP contribution in [-0.2, 0) is 10.1 Å². The molecule has 6 heteroatoms. The molecule has 0 saturated heterocycles. The predicted octanol–water partition coefficient (Wildman–Crippen LogP) is 6.53. The van der Waals surface area contributed by atoms with E-state index in [0.29, 0.717) is 0 Å². The second-order valence-corrected chi connectivity index (χ2v) is 14.6. The Morgan fingerprint density at radius 2 is 1.03 bits per heavy atom. The average molecular weight is 457 g/mol. The summed E-state index contributed by atoms with van der Waals surface area (Å²) in [7, 11) is -4.90. The first-order valence-electron chi connectivity index (χ1n) is 11.3. The van der Waals surface area contributed by atoms with Crippen LogP contribution in [0.1, 0.15) is 84.6 Å². The van der Waals surface area contributed by atoms with Crippen molar-refractivity contribution in [3.05, 3.63) is 29.8 Å². The van der Waals surface area contributed by atoms with Crippen molar-refractivity contribution in [2.24, 2.45) is 0 Å². The van der Waals surface area contributed by atoms with Crippen LogP contribution in [0, 0.1) is 6.92 Å². The third-order valence-electron chi connectivity index (χ3n) is 5.56. The van der Waals surface area contributed by atoms with Gasteiger partial charge in [0.25, 0.3) is 10.1 Å². The van der Waals surface area contributed by atoms with E-state index in [0.717, 1.165) is 5.56 Å². The summed E-state index contributed by atoms with van der Waals surface area (Å²) in [4.78, 5) is -0.0666. The normalized spacial score (nSPS) is 11.9. The Labute approximate surface area is 204 Å². The monoisotopic (exact) mass is 456 g/mol. The maximum absolute atomic E-state index is 10.5. The summed E-state index contributed by atoms with van der Waals surface area (Å²) < 4.78 is 29.6. The average Bonchev–Trinajstić information content (AvgIpc) is 2.67. The van der Waals surface area contributed by atoms with Crippen molar-refractivity contribution in [1.29, 1.82) is 0 Å². The molecule has 1 aromatic carbocycles. The van der Waals surface area contributed by atoms with Crippen LogP contribution in [0.3, 0.4) is 0 Å². The summed E-state index contributed by atoms with van der Waals surface area (Å²) in [6, 6.07) is 5.99. The van der Waals surface area contributed by atoms with Crippen molar-refractivity contribution in [1.82, 2.24) is 0 Å². The van der Waals surface area contributed by atoms with Crippen LogP contribution in [0.25, 0.3) is 0 Å². The van der Waals surface area contributed by atoms with Gasteiger partial charge in [0.1, 0.15) is 0 Å². The molecule has 0 aliphatic carbocycles. The van der Waals surface area contributed by atoms with E-state index < -0.39 is 17.4 Å². The van der Waals surface area contributed by atoms with Crippen LogP contribution >= 0.6 is 7.26 Å². The number of rotatable bonds is 13. The number of aryl methyl sites for hydroxylation is 1. The molecule has 168 valence electrons. The van der Waals surface area contributed by atoms with E-state index in [4.69, 9.17) is 4.55 Å². The van der Waals surface area contributed by atoms with E-state index in [1.807, 2.05) is 6.92 Å². The fourth-order valence-corrected chi connectivity index (χ4v) is 10.1. The quantitative estimate of drug-likeness (QED) is 0.209. The molecule has 1 aromatic rings. The number of benzene rings is 1. The van der Waals surface area contributed by atoms with E-state index in [1.165, 1.54) is 63.5 Å². The van der Waals surface area contributed by atoms with E-state index in [9.17, 15) is 8.42 Å². The van der Waals surface area contributed by atoms with Crippen molar-refractivity contribution in [2.45, 2.75) is 90.9 Å². The summed E-state index contributed by atoms with van der Waals surface area (Å²) in [6.07, 6.45) is 18.1. The number of hydrogen-bond donors (Lipinski definition) is 1. The summed E-state index contributed by atoms with van der Waals surface area (Å²) in [5, 5.41) is 0. The van der Waals surface area contributed by atoms with Crippen molar-refractivity contribution >= 4 is 46.9 Å². The zero-order valence-corrected chi connectivity index (χ0v) is 20.8.